The second kappa shape index (κ2) is 13.0. The van der Waals surface area contributed by atoms with Crippen molar-refractivity contribution in [3.05, 3.63) is 70.3 Å². The summed E-state index contributed by atoms with van der Waals surface area (Å²) < 4.78 is 14.9. The van der Waals surface area contributed by atoms with E-state index in [1.165, 1.54) is 11.0 Å². The SMILES string of the molecule is Cc1ccnc(C(C)C)c1Nc1nc(-c2ccccc2F)c(Cl)cc1/C(=N/C(=O)CCl)N1C[C@@H](C)N(C(=O)O)C[C@@H]1C. The highest BCUT2D eigenvalue weighted by molar-refractivity contribution is 6.34. The number of pyridine rings is 2. The molecule has 0 radical (unpaired) electrons. The lowest BCUT2D eigenvalue weighted by Gasteiger charge is -2.44. The molecule has 1 aromatic carbocycles. The van der Waals surface area contributed by atoms with Gasteiger partial charge in [-0.05, 0) is 56.5 Å². The number of anilines is 2. The Hall–Kier alpha value is -3.76. The number of carbonyl (C=O) groups is 2. The molecule has 3 heterocycles. The van der Waals surface area contributed by atoms with E-state index < -0.39 is 23.9 Å². The van der Waals surface area contributed by atoms with Gasteiger partial charge in [0.2, 0.25) is 0 Å². The van der Waals surface area contributed by atoms with Crippen LogP contribution in [0.4, 0.5) is 20.7 Å². The van der Waals surface area contributed by atoms with Crippen LogP contribution in [0.5, 0.6) is 0 Å². The Labute approximate surface area is 254 Å². The molecule has 9 nitrogen and oxygen atoms in total. The van der Waals surface area contributed by atoms with Crippen LogP contribution in [-0.2, 0) is 4.79 Å². The normalized spacial score (nSPS) is 17.5. The minimum absolute atomic E-state index is 0.0603. The lowest BCUT2D eigenvalue weighted by molar-refractivity contribution is -0.115. The first kappa shape index (κ1) is 31.2. The first-order valence-electron chi connectivity index (χ1n) is 13.5. The molecule has 1 saturated heterocycles. The second-order valence-corrected chi connectivity index (χ2v) is 11.3. The van der Waals surface area contributed by atoms with Crippen molar-refractivity contribution in [2.24, 2.45) is 4.99 Å². The number of aryl methyl sites for hydroxylation is 1. The highest BCUT2D eigenvalue weighted by Crippen LogP contribution is 2.36. The van der Waals surface area contributed by atoms with Gasteiger partial charge in [-0.15, -0.1) is 11.6 Å². The molecule has 4 rings (SSSR count). The highest BCUT2D eigenvalue weighted by atomic mass is 35.5. The number of nitrogens with one attached hydrogen (secondary N) is 1. The Bertz CT molecular complexity index is 1530. The van der Waals surface area contributed by atoms with Crippen molar-refractivity contribution in [3.8, 4) is 11.3 Å². The summed E-state index contributed by atoms with van der Waals surface area (Å²) in [5, 5.41) is 13.2. The molecule has 2 N–H and O–H groups in total. The highest BCUT2D eigenvalue weighted by Gasteiger charge is 2.35. The maximum Gasteiger partial charge on any atom is 0.407 e. The van der Waals surface area contributed by atoms with Crippen molar-refractivity contribution in [1.82, 2.24) is 19.8 Å². The fourth-order valence-electron chi connectivity index (χ4n) is 5.01. The summed E-state index contributed by atoms with van der Waals surface area (Å²) in [6.07, 6.45) is 0.701. The molecular formula is C30H33Cl2FN6O3. The number of hydrogen-bond donors (Lipinski definition) is 2. The fraction of sp³-hybridized carbons (Fsp3) is 0.367. The van der Waals surface area contributed by atoms with E-state index in [0.717, 1.165) is 11.3 Å². The smallest absolute Gasteiger partial charge is 0.407 e. The van der Waals surface area contributed by atoms with Crippen LogP contribution in [0.15, 0.2) is 47.6 Å². The molecule has 12 heteroatoms. The molecular weight excluding hydrogens is 582 g/mol. The Morgan fingerprint density at radius 3 is 2.48 bits per heavy atom. The monoisotopic (exact) mass is 614 g/mol. The minimum Gasteiger partial charge on any atom is -0.465 e. The molecule has 1 aliphatic heterocycles. The molecule has 0 aliphatic carbocycles. The van der Waals surface area contributed by atoms with Crippen LogP contribution < -0.4 is 5.32 Å². The van der Waals surface area contributed by atoms with E-state index in [9.17, 15) is 19.1 Å². The number of nitrogens with zero attached hydrogens (tertiary/aromatic N) is 5. The molecule has 2 amide bonds. The summed E-state index contributed by atoms with van der Waals surface area (Å²) in [6.45, 7) is 10.0. The van der Waals surface area contributed by atoms with Crippen molar-refractivity contribution in [1.29, 1.82) is 0 Å². The quantitative estimate of drug-likeness (QED) is 0.181. The Morgan fingerprint density at radius 1 is 1.17 bits per heavy atom. The van der Waals surface area contributed by atoms with Gasteiger partial charge in [0.1, 0.15) is 23.4 Å². The van der Waals surface area contributed by atoms with Crippen LogP contribution in [0.2, 0.25) is 5.02 Å². The van der Waals surface area contributed by atoms with E-state index in [1.807, 2.05) is 38.7 Å². The van der Waals surface area contributed by atoms with Crippen molar-refractivity contribution < 1.29 is 19.1 Å². The van der Waals surface area contributed by atoms with Gasteiger partial charge in [-0.1, -0.05) is 37.6 Å². The van der Waals surface area contributed by atoms with Gasteiger partial charge >= 0.3 is 6.09 Å². The largest absolute Gasteiger partial charge is 0.465 e. The predicted octanol–water partition coefficient (Wildman–Crippen LogP) is 6.70. The summed E-state index contributed by atoms with van der Waals surface area (Å²) in [5.41, 5.74) is 3.18. The third-order valence-electron chi connectivity index (χ3n) is 7.17. The van der Waals surface area contributed by atoms with E-state index in [-0.39, 0.29) is 58.9 Å². The molecule has 1 aliphatic rings. The maximum absolute atomic E-state index is 14.9. The van der Waals surface area contributed by atoms with E-state index in [2.05, 4.69) is 15.3 Å². The number of hydrogen-bond acceptors (Lipinski definition) is 5. The van der Waals surface area contributed by atoms with Crippen molar-refractivity contribution in [2.75, 3.05) is 24.3 Å². The molecule has 222 valence electrons. The Kier molecular flexibility index (Phi) is 9.68. The predicted molar refractivity (Wildman–Crippen MR) is 164 cm³/mol. The number of aliphatic imine (C=N–C) groups is 1. The first-order chi connectivity index (χ1) is 19.9. The molecule has 0 unspecified atom stereocenters. The number of carbonyl (C=O) groups excluding carboxylic acids is 1. The van der Waals surface area contributed by atoms with Crippen LogP contribution in [0.1, 0.15) is 50.4 Å². The molecule has 0 spiro atoms. The van der Waals surface area contributed by atoms with Gasteiger partial charge in [-0.2, -0.15) is 4.99 Å². The van der Waals surface area contributed by atoms with Crippen LogP contribution in [-0.4, -0.2) is 73.8 Å². The van der Waals surface area contributed by atoms with Gasteiger partial charge in [-0.25, -0.2) is 14.2 Å². The zero-order chi connectivity index (χ0) is 30.7. The number of aromatic nitrogens is 2. The number of carboxylic acid groups (broad SMARTS) is 1. The van der Waals surface area contributed by atoms with Gasteiger partial charge in [0, 0.05) is 36.9 Å². The van der Waals surface area contributed by atoms with Crippen molar-refractivity contribution in [3.63, 3.8) is 0 Å². The number of rotatable bonds is 6. The summed E-state index contributed by atoms with van der Waals surface area (Å²) in [5.74, 6) is -0.881. The average molecular weight is 616 g/mol. The van der Waals surface area contributed by atoms with Crippen LogP contribution in [0.3, 0.4) is 0 Å². The lowest BCUT2D eigenvalue weighted by atomic mass is 10.0. The number of amides is 2. The Morgan fingerprint density at radius 2 is 1.83 bits per heavy atom. The van der Waals surface area contributed by atoms with Gasteiger partial charge in [-0.3, -0.25) is 9.78 Å². The molecule has 42 heavy (non-hydrogen) atoms. The number of amidine groups is 1. The summed E-state index contributed by atoms with van der Waals surface area (Å²) in [4.78, 5) is 41.5. The summed E-state index contributed by atoms with van der Waals surface area (Å²) in [6, 6.07) is 8.88. The van der Waals surface area contributed by atoms with Gasteiger partial charge in [0.15, 0.2) is 0 Å². The zero-order valence-electron chi connectivity index (χ0n) is 24.0. The van der Waals surface area contributed by atoms with E-state index >= 15 is 0 Å². The third-order valence-corrected chi connectivity index (χ3v) is 7.69. The van der Waals surface area contributed by atoms with Crippen LogP contribution in [0, 0.1) is 12.7 Å². The molecule has 0 saturated carbocycles. The van der Waals surface area contributed by atoms with Gasteiger partial charge < -0.3 is 20.2 Å². The number of benzene rings is 1. The second-order valence-electron chi connectivity index (χ2n) is 10.6. The summed E-state index contributed by atoms with van der Waals surface area (Å²) in [7, 11) is 0. The average Bonchev–Trinajstić information content (AvgIpc) is 2.94. The van der Waals surface area contributed by atoms with E-state index in [4.69, 9.17) is 28.2 Å². The maximum atomic E-state index is 14.9. The molecule has 2 aromatic heterocycles. The van der Waals surface area contributed by atoms with Gasteiger partial charge in [0.25, 0.3) is 5.91 Å². The summed E-state index contributed by atoms with van der Waals surface area (Å²) >= 11 is 12.7. The third kappa shape index (κ3) is 6.50. The van der Waals surface area contributed by atoms with Crippen molar-refractivity contribution in [2.45, 2.75) is 52.6 Å². The Balaban J connectivity index is 1.97. The molecule has 3 aromatic rings. The van der Waals surface area contributed by atoms with E-state index in [1.54, 1.807) is 37.4 Å². The van der Waals surface area contributed by atoms with Crippen molar-refractivity contribution >= 4 is 52.5 Å². The molecule has 1 fully saturated rings. The molecule has 0 bridgehead atoms. The topological polar surface area (TPSA) is 111 Å². The zero-order valence-corrected chi connectivity index (χ0v) is 25.5. The minimum atomic E-state index is -1.03. The number of piperazine rings is 1. The van der Waals surface area contributed by atoms with Crippen LogP contribution in [0.25, 0.3) is 11.3 Å². The van der Waals surface area contributed by atoms with E-state index in [0.29, 0.717) is 11.3 Å². The number of alkyl halides is 1. The number of halogens is 3. The molecule has 2 atom stereocenters. The standard InChI is InChI=1S/C30H33Cl2FN6O3/c1-16(2)25-26(17(3)10-11-34-25)36-28-21(12-22(32)27(37-28)20-8-6-7-9-23(20)33)29(35-24(40)13-31)38-14-19(5)39(30(41)42)15-18(38)4/h6-12,16,18-19H,13-15H2,1-5H3,(H,36,37)(H,41,42)/b35-29-/t18-,19+/m0/s1. The fourth-order valence-corrected chi connectivity index (χ4v) is 5.32. The van der Waals surface area contributed by atoms with Crippen LogP contribution >= 0.6 is 23.2 Å². The van der Waals surface area contributed by atoms with Gasteiger partial charge in [0.05, 0.1) is 27.7 Å². The lowest BCUT2D eigenvalue weighted by Crippen LogP contribution is -2.59. The first-order valence-corrected chi connectivity index (χ1v) is 14.5.